The summed E-state index contributed by atoms with van der Waals surface area (Å²) in [5.74, 6) is 0.451. The zero-order chi connectivity index (χ0) is 14.9. The van der Waals surface area contributed by atoms with Crippen molar-refractivity contribution in [3.63, 3.8) is 0 Å². The molecule has 0 N–H and O–H groups in total. The highest BCUT2D eigenvalue weighted by molar-refractivity contribution is 7.13. The summed E-state index contributed by atoms with van der Waals surface area (Å²) in [6.45, 7) is 9.49. The molecule has 1 atom stereocenters. The molecule has 20 heavy (non-hydrogen) atoms. The Kier molecular flexibility index (Phi) is 3.89. The fourth-order valence-corrected chi connectivity index (χ4v) is 2.09. The average molecular weight is 295 g/mol. The highest BCUT2D eigenvalue weighted by Gasteiger charge is 2.25. The zero-order valence-electron chi connectivity index (χ0n) is 12.1. The third-order valence-corrected chi connectivity index (χ3v) is 3.46. The van der Waals surface area contributed by atoms with Gasteiger partial charge in [0, 0.05) is 5.41 Å². The van der Waals surface area contributed by atoms with Gasteiger partial charge in [0.25, 0.3) is 5.89 Å². The molecule has 0 fully saturated rings. The van der Waals surface area contributed by atoms with Crippen molar-refractivity contribution in [2.24, 2.45) is 0 Å². The first-order valence-electron chi connectivity index (χ1n) is 6.25. The maximum absolute atomic E-state index is 11.9. The van der Waals surface area contributed by atoms with Crippen LogP contribution in [0.3, 0.4) is 0 Å². The molecule has 0 bridgehead atoms. The minimum atomic E-state index is -0.589. The van der Waals surface area contributed by atoms with Crippen molar-refractivity contribution in [1.82, 2.24) is 15.1 Å². The molecule has 2 heterocycles. The van der Waals surface area contributed by atoms with Crippen LogP contribution in [0.4, 0.5) is 0 Å². The van der Waals surface area contributed by atoms with E-state index in [0.717, 1.165) is 5.01 Å². The van der Waals surface area contributed by atoms with E-state index in [9.17, 15) is 4.79 Å². The minimum absolute atomic E-state index is 0.208. The molecule has 6 nitrogen and oxygen atoms in total. The van der Waals surface area contributed by atoms with E-state index >= 15 is 0 Å². The standard InChI is InChI=1S/C13H17N3O3S/c1-7(10-15-12(16-19-10)13(3,4)5)18-11(17)9-6-14-8(2)20-9/h6-7H,1-5H3. The lowest BCUT2D eigenvalue weighted by Crippen LogP contribution is -2.14. The van der Waals surface area contributed by atoms with Gasteiger partial charge in [0.1, 0.15) is 4.88 Å². The predicted octanol–water partition coefficient (Wildman–Crippen LogP) is 3.05. The first-order valence-corrected chi connectivity index (χ1v) is 7.06. The monoisotopic (exact) mass is 295 g/mol. The van der Waals surface area contributed by atoms with Gasteiger partial charge in [-0.05, 0) is 13.8 Å². The van der Waals surface area contributed by atoms with E-state index in [1.54, 1.807) is 6.92 Å². The first-order chi connectivity index (χ1) is 9.27. The van der Waals surface area contributed by atoms with Gasteiger partial charge in [-0.1, -0.05) is 25.9 Å². The number of aryl methyl sites for hydroxylation is 1. The maximum atomic E-state index is 11.9. The summed E-state index contributed by atoms with van der Waals surface area (Å²) in [7, 11) is 0. The van der Waals surface area contributed by atoms with E-state index in [1.807, 2.05) is 27.7 Å². The van der Waals surface area contributed by atoms with Gasteiger partial charge < -0.3 is 9.26 Å². The van der Waals surface area contributed by atoms with Crippen molar-refractivity contribution in [3.8, 4) is 0 Å². The molecule has 0 aliphatic rings. The molecule has 2 aromatic heterocycles. The topological polar surface area (TPSA) is 78.1 Å². The first kappa shape index (κ1) is 14.6. The Labute approximate surface area is 121 Å². The van der Waals surface area contributed by atoms with Crippen LogP contribution < -0.4 is 0 Å². The van der Waals surface area contributed by atoms with E-state index in [-0.39, 0.29) is 5.41 Å². The fraction of sp³-hybridized carbons (Fsp3) is 0.538. The number of aromatic nitrogens is 3. The molecular formula is C13H17N3O3S. The van der Waals surface area contributed by atoms with E-state index in [4.69, 9.17) is 9.26 Å². The number of hydrogen-bond acceptors (Lipinski definition) is 7. The van der Waals surface area contributed by atoms with Gasteiger partial charge in [-0.2, -0.15) is 4.98 Å². The van der Waals surface area contributed by atoms with Crippen molar-refractivity contribution < 1.29 is 14.1 Å². The van der Waals surface area contributed by atoms with Crippen LogP contribution in [0.25, 0.3) is 0 Å². The number of ether oxygens (including phenoxy) is 1. The summed E-state index contributed by atoms with van der Waals surface area (Å²) in [5, 5.41) is 4.72. The third-order valence-electron chi connectivity index (χ3n) is 2.57. The number of rotatable bonds is 3. The summed E-state index contributed by atoms with van der Waals surface area (Å²) in [6, 6.07) is 0. The summed E-state index contributed by atoms with van der Waals surface area (Å²) >= 11 is 1.29. The molecule has 0 saturated carbocycles. The molecule has 2 rings (SSSR count). The summed E-state index contributed by atoms with van der Waals surface area (Å²) in [6.07, 6.45) is 0.914. The Morgan fingerprint density at radius 2 is 2.15 bits per heavy atom. The number of carbonyl (C=O) groups excluding carboxylic acids is 1. The zero-order valence-corrected chi connectivity index (χ0v) is 12.9. The Hall–Kier alpha value is -1.76. The van der Waals surface area contributed by atoms with Gasteiger partial charge in [0.15, 0.2) is 11.9 Å². The second-order valence-corrected chi connectivity index (χ2v) is 6.73. The largest absolute Gasteiger partial charge is 0.448 e. The van der Waals surface area contributed by atoms with Crippen molar-refractivity contribution in [3.05, 3.63) is 27.8 Å². The van der Waals surface area contributed by atoms with Crippen LogP contribution in [0.2, 0.25) is 0 Å². The van der Waals surface area contributed by atoms with Gasteiger partial charge in [-0.25, -0.2) is 9.78 Å². The van der Waals surface area contributed by atoms with Gasteiger partial charge in [0.2, 0.25) is 0 Å². The minimum Gasteiger partial charge on any atom is -0.448 e. The number of carbonyl (C=O) groups is 1. The average Bonchev–Trinajstić information content (AvgIpc) is 2.95. The van der Waals surface area contributed by atoms with Crippen LogP contribution in [0.1, 0.15) is 60.2 Å². The molecule has 0 amide bonds. The predicted molar refractivity (Wildman–Crippen MR) is 73.7 cm³/mol. The van der Waals surface area contributed by atoms with Crippen LogP contribution in [-0.2, 0) is 10.2 Å². The van der Waals surface area contributed by atoms with Crippen LogP contribution in [0.15, 0.2) is 10.7 Å². The molecule has 0 spiro atoms. The number of nitrogens with zero attached hydrogens (tertiary/aromatic N) is 3. The van der Waals surface area contributed by atoms with Crippen LogP contribution in [0, 0.1) is 6.92 Å². The van der Waals surface area contributed by atoms with E-state index in [2.05, 4.69) is 15.1 Å². The molecule has 2 aromatic rings. The third kappa shape index (κ3) is 3.22. The SMILES string of the molecule is Cc1ncc(C(=O)OC(C)c2nc(C(C)(C)C)no2)s1. The van der Waals surface area contributed by atoms with Gasteiger partial charge in [-0.3, -0.25) is 0 Å². The molecule has 0 aliphatic heterocycles. The lowest BCUT2D eigenvalue weighted by atomic mass is 9.96. The van der Waals surface area contributed by atoms with Crippen LogP contribution in [0.5, 0.6) is 0 Å². The highest BCUT2D eigenvalue weighted by atomic mass is 32.1. The van der Waals surface area contributed by atoms with E-state index < -0.39 is 12.1 Å². The second kappa shape index (κ2) is 5.32. The Morgan fingerprint density at radius 3 is 2.65 bits per heavy atom. The van der Waals surface area contributed by atoms with Crippen molar-refractivity contribution in [2.45, 2.75) is 46.1 Å². The van der Waals surface area contributed by atoms with Crippen molar-refractivity contribution in [2.75, 3.05) is 0 Å². The van der Waals surface area contributed by atoms with E-state index in [1.165, 1.54) is 17.5 Å². The smallest absolute Gasteiger partial charge is 0.350 e. The molecule has 1 unspecified atom stereocenters. The lowest BCUT2D eigenvalue weighted by Gasteiger charge is -2.11. The quantitative estimate of drug-likeness (QED) is 0.810. The Balaban J connectivity index is 2.07. The summed E-state index contributed by atoms with van der Waals surface area (Å²) < 4.78 is 10.4. The number of esters is 1. The highest BCUT2D eigenvalue weighted by Crippen LogP contribution is 2.23. The maximum Gasteiger partial charge on any atom is 0.350 e. The van der Waals surface area contributed by atoms with Crippen molar-refractivity contribution >= 4 is 17.3 Å². The van der Waals surface area contributed by atoms with Gasteiger partial charge >= 0.3 is 5.97 Å². The summed E-state index contributed by atoms with van der Waals surface area (Å²) in [5.41, 5.74) is -0.208. The van der Waals surface area contributed by atoms with Crippen LogP contribution in [-0.4, -0.2) is 21.1 Å². The number of hydrogen-bond donors (Lipinski definition) is 0. The molecule has 0 aromatic carbocycles. The number of thiazole rings is 1. The Morgan fingerprint density at radius 1 is 1.45 bits per heavy atom. The van der Waals surface area contributed by atoms with Crippen LogP contribution >= 0.6 is 11.3 Å². The molecule has 0 radical (unpaired) electrons. The normalized spacial score (nSPS) is 13.2. The molecule has 7 heteroatoms. The van der Waals surface area contributed by atoms with Crippen molar-refractivity contribution in [1.29, 1.82) is 0 Å². The van der Waals surface area contributed by atoms with Gasteiger partial charge in [-0.15, -0.1) is 11.3 Å². The summed E-state index contributed by atoms with van der Waals surface area (Å²) in [4.78, 5) is 20.7. The molecule has 0 saturated heterocycles. The molecular weight excluding hydrogens is 278 g/mol. The fourth-order valence-electron chi connectivity index (χ4n) is 1.43. The second-order valence-electron chi connectivity index (χ2n) is 5.50. The van der Waals surface area contributed by atoms with Gasteiger partial charge in [0.05, 0.1) is 11.2 Å². The molecule has 108 valence electrons. The molecule has 0 aliphatic carbocycles. The lowest BCUT2D eigenvalue weighted by molar-refractivity contribution is 0.0271. The van der Waals surface area contributed by atoms with E-state index in [0.29, 0.717) is 16.6 Å². The Bertz CT molecular complexity index is 612.